The number of fused-ring (bicyclic) bond motifs is 1. The average Bonchev–Trinajstić information content (AvgIpc) is 2.93. The number of aryl methyl sites for hydroxylation is 1. The molecule has 2 N–H and O–H groups in total. The van der Waals surface area contributed by atoms with Crippen molar-refractivity contribution in [2.45, 2.75) is 18.2 Å². The lowest BCUT2D eigenvalue weighted by atomic mass is 10.1. The molecule has 0 aliphatic carbocycles. The van der Waals surface area contributed by atoms with E-state index in [0.29, 0.717) is 21.6 Å². The van der Waals surface area contributed by atoms with Crippen molar-refractivity contribution >= 4 is 38.2 Å². The Morgan fingerprint density at radius 2 is 1.95 bits per heavy atom. The third kappa shape index (κ3) is 2.26. The number of hydrogen-bond acceptors (Lipinski definition) is 3. The fourth-order valence-electron chi connectivity index (χ4n) is 2.48. The van der Waals surface area contributed by atoms with Crippen LogP contribution in [-0.2, 0) is 16.4 Å². The highest BCUT2D eigenvalue weighted by molar-refractivity contribution is 7.90. The molecule has 0 radical (unpaired) electrons. The summed E-state index contributed by atoms with van der Waals surface area (Å²) >= 11 is 6.10. The number of rotatable bonds is 3. The maximum absolute atomic E-state index is 12.8. The summed E-state index contributed by atoms with van der Waals surface area (Å²) in [6.45, 7) is 1.97. The van der Waals surface area contributed by atoms with E-state index in [0.717, 1.165) is 12.0 Å². The van der Waals surface area contributed by atoms with Gasteiger partial charge in [0.15, 0.2) is 0 Å². The molecule has 3 rings (SSSR count). The zero-order valence-electron chi connectivity index (χ0n) is 12.0. The molecule has 114 valence electrons. The maximum Gasteiger partial charge on any atom is 0.268 e. The van der Waals surface area contributed by atoms with Crippen LogP contribution in [0.3, 0.4) is 0 Å². The quantitative estimate of drug-likeness (QED) is 0.743. The van der Waals surface area contributed by atoms with Gasteiger partial charge in [-0.1, -0.05) is 30.7 Å². The highest BCUT2D eigenvalue weighted by atomic mass is 35.5. The summed E-state index contributed by atoms with van der Waals surface area (Å²) in [5.41, 5.74) is 7.89. The van der Waals surface area contributed by atoms with Gasteiger partial charge in [-0.05, 0) is 42.3 Å². The summed E-state index contributed by atoms with van der Waals surface area (Å²) in [7, 11) is -3.71. The first-order valence-electron chi connectivity index (χ1n) is 6.84. The second kappa shape index (κ2) is 5.34. The van der Waals surface area contributed by atoms with Crippen molar-refractivity contribution in [1.29, 1.82) is 0 Å². The fourth-order valence-corrected chi connectivity index (χ4v) is 4.10. The molecule has 0 spiro atoms. The van der Waals surface area contributed by atoms with Gasteiger partial charge in [-0.3, -0.25) is 0 Å². The minimum atomic E-state index is -3.71. The van der Waals surface area contributed by atoms with Crippen molar-refractivity contribution in [1.82, 2.24) is 3.97 Å². The van der Waals surface area contributed by atoms with Crippen LogP contribution in [0.25, 0.3) is 10.9 Å². The van der Waals surface area contributed by atoms with E-state index in [1.807, 2.05) is 6.92 Å². The smallest absolute Gasteiger partial charge is 0.268 e. The lowest BCUT2D eigenvalue weighted by Crippen LogP contribution is -2.12. The summed E-state index contributed by atoms with van der Waals surface area (Å²) in [5, 5.41) is 1.22. The third-order valence-electron chi connectivity index (χ3n) is 3.70. The van der Waals surface area contributed by atoms with Crippen LogP contribution in [0.15, 0.2) is 53.6 Å². The minimum absolute atomic E-state index is 0.166. The first kappa shape index (κ1) is 14.9. The van der Waals surface area contributed by atoms with Crippen molar-refractivity contribution in [3.8, 4) is 0 Å². The number of aromatic nitrogens is 1. The van der Waals surface area contributed by atoms with Gasteiger partial charge >= 0.3 is 0 Å². The highest BCUT2D eigenvalue weighted by Gasteiger charge is 2.20. The number of nitrogens with zero attached hydrogens (tertiary/aromatic N) is 1. The molecule has 2 aromatic carbocycles. The number of nitrogens with two attached hydrogens (primary N) is 1. The summed E-state index contributed by atoms with van der Waals surface area (Å²) in [6, 6.07) is 11.7. The monoisotopic (exact) mass is 334 g/mol. The number of halogens is 1. The molecule has 1 aromatic heterocycles. The number of nitrogen functional groups attached to an aromatic ring is 1. The molecule has 0 bridgehead atoms. The molecule has 6 heteroatoms. The van der Waals surface area contributed by atoms with Gasteiger partial charge in [0, 0.05) is 22.3 Å². The SMILES string of the molecule is CCc1ccc(S(=O)(=O)n2ccc3c(Cl)cccc32)cc1N. The predicted molar refractivity (Wildman–Crippen MR) is 89.8 cm³/mol. The lowest BCUT2D eigenvalue weighted by Gasteiger charge is -2.10. The maximum atomic E-state index is 12.8. The zero-order chi connectivity index (χ0) is 15.9. The van der Waals surface area contributed by atoms with Gasteiger partial charge in [-0.25, -0.2) is 12.4 Å². The third-order valence-corrected chi connectivity index (χ3v) is 5.71. The first-order valence-corrected chi connectivity index (χ1v) is 8.66. The Hall–Kier alpha value is -1.98. The summed E-state index contributed by atoms with van der Waals surface area (Å²) < 4.78 is 26.9. The largest absolute Gasteiger partial charge is 0.398 e. The summed E-state index contributed by atoms with van der Waals surface area (Å²) in [5.74, 6) is 0. The Balaban J connectivity index is 2.20. The van der Waals surface area contributed by atoms with E-state index in [1.54, 1.807) is 36.4 Å². The lowest BCUT2D eigenvalue weighted by molar-refractivity contribution is 0.589. The average molecular weight is 335 g/mol. The highest BCUT2D eigenvalue weighted by Crippen LogP contribution is 2.28. The predicted octanol–water partition coefficient (Wildman–Crippen LogP) is 3.68. The molecule has 0 aliphatic rings. The van der Waals surface area contributed by atoms with Gasteiger partial charge in [-0.2, -0.15) is 0 Å². The standard InChI is InChI=1S/C16H15ClN2O2S/c1-2-11-6-7-12(10-15(11)18)22(20,21)19-9-8-13-14(17)4-3-5-16(13)19/h3-10H,2,18H2,1H3. The van der Waals surface area contributed by atoms with Crippen LogP contribution < -0.4 is 5.73 Å². The Morgan fingerprint density at radius 3 is 2.64 bits per heavy atom. The molecule has 0 saturated heterocycles. The van der Waals surface area contributed by atoms with Crippen LogP contribution in [0.5, 0.6) is 0 Å². The number of anilines is 1. The van der Waals surface area contributed by atoms with Gasteiger partial charge < -0.3 is 5.73 Å². The fraction of sp³-hybridized carbons (Fsp3) is 0.125. The molecule has 0 unspecified atom stereocenters. The summed E-state index contributed by atoms with van der Waals surface area (Å²) in [6.07, 6.45) is 2.27. The molecular weight excluding hydrogens is 320 g/mol. The Morgan fingerprint density at radius 1 is 1.18 bits per heavy atom. The van der Waals surface area contributed by atoms with Crippen LogP contribution >= 0.6 is 11.6 Å². The van der Waals surface area contributed by atoms with E-state index >= 15 is 0 Å². The van der Waals surface area contributed by atoms with Gasteiger partial charge in [0.1, 0.15) is 0 Å². The molecule has 4 nitrogen and oxygen atoms in total. The van der Waals surface area contributed by atoms with Gasteiger partial charge in [-0.15, -0.1) is 0 Å². The van der Waals surface area contributed by atoms with E-state index in [-0.39, 0.29) is 4.90 Å². The Bertz CT molecular complexity index is 961. The molecule has 0 saturated carbocycles. The van der Waals surface area contributed by atoms with E-state index in [4.69, 9.17) is 17.3 Å². The van der Waals surface area contributed by atoms with Crippen LogP contribution in [0.4, 0.5) is 5.69 Å². The van der Waals surface area contributed by atoms with Gasteiger partial charge in [0.25, 0.3) is 10.0 Å². The van der Waals surface area contributed by atoms with Crippen molar-refractivity contribution in [2.24, 2.45) is 0 Å². The summed E-state index contributed by atoms with van der Waals surface area (Å²) in [4.78, 5) is 0.166. The molecule has 0 fully saturated rings. The first-order chi connectivity index (χ1) is 10.4. The molecule has 0 amide bonds. The van der Waals surface area contributed by atoms with Crippen LogP contribution in [0, 0.1) is 0 Å². The second-order valence-electron chi connectivity index (χ2n) is 5.00. The van der Waals surface area contributed by atoms with Crippen LogP contribution in [-0.4, -0.2) is 12.4 Å². The van der Waals surface area contributed by atoms with Gasteiger partial charge in [0.2, 0.25) is 0 Å². The Kier molecular flexibility index (Phi) is 3.62. The van der Waals surface area contributed by atoms with E-state index in [2.05, 4.69) is 0 Å². The molecule has 3 aromatic rings. The van der Waals surface area contributed by atoms with Crippen LogP contribution in [0.2, 0.25) is 5.02 Å². The van der Waals surface area contributed by atoms with Crippen molar-refractivity contribution in [3.05, 3.63) is 59.2 Å². The van der Waals surface area contributed by atoms with Crippen molar-refractivity contribution in [3.63, 3.8) is 0 Å². The Labute approximate surface area is 134 Å². The number of benzene rings is 2. The minimum Gasteiger partial charge on any atom is -0.398 e. The molecule has 22 heavy (non-hydrogen) atoms. The molecular formula is C16H15ClN2O2S. The molecule has 1 heterocycles. The van der Waals surface area contributed by atoms with E-state index in [9.17, 15) is 8.42 Å². The van der Waals surface area contributed by atoms with Crippen molar-refractivity contribution in [2.75, 3.05) is 5.73 Å². The van der Waals surface area contributed by atoms with E-state index in [1.165, 1.54) is 16.2 Å². The zero-order valence-corrected chi connectivity index (χ0v) is 13.5. The number of hydrogen-bond donors (Lipinski definition) is 1. The van der Waals surface area contributed by atoms with Gasteiger partial charge in [0.05, 0.1) is 10.4 Å². The second-order valence-corrected chi connectivity index (χ2v) is 7.23. The van der Waals surface area contributed by atoms with Crippen molar-refractivity contribution < 1.29 is 8.42 Å². The molecule has 0 aliphatic heterocycles. The van der Waals surface area contributed by atoms with E-state index < -0.39 is 10.0 Å². The molecule has 0 atom stereocenters. The normalized spacial score (nSPS) is 11.9. The van der Waals surface area contributed by atoms with Crippen LogP contribution in [0.1, 0.15) is 12.5 Å². The topological polar surface area (TPSA) is 65.1 Å².